The van der Waals surface area contributed by atoms with Gasteiger partial charge in [0.15, 0.2) is 4.34 Å². The summed E-state index contributed by atoms with van der Waals surface area (Å²) in [5, 5.41) is 9.21. The van der Waals surface area contributed by atoms with Gasteiger partial charge < -0.3 is 5.11 Å². The van der Waals surface area contributed by atoms with Gasteiger partial charge in [-0.05, 0) is 30.8 Å². The third kappa shape index (κ3) is 3.28. The number of aromatic nitrogens is 2. The molecule has 2 rings (SSSR count). The van der Waals surface area contributed by atoms with E-state index < -0.39 is 17.7 Å². The van der Waals surface area contributed by atoms with Crippen LogP contribution in [0.25, 0.3) is 0 Å². The van der Waals surface area contributed by atoms with Gasteiger partial charge in [0, 0.05) is 6.20 Å². The fraction of sp³-hybridized carbons (Fsp3) is 0.182. The average Bonchev–Trinajstić information content (AvgIpc) is 2.70. The SMILES string of the molecule is Cc1nc(Sc2ccc(C(F)(F)F)cn2)sc1C(=O)O. The standard InChI is InChI=1S/C11H7F3N2O2S2/c1-5-8(9(17)18)20-10(16-5)19-7-3-2-6(4-15-7)11(12,13)14/h2-4H,1H3,(H,17,18). The van der Waals surface area contributed by atoms with Gasteiger partial charge in [-0.15, -0.1) is 0 Å². The second-order valence-corrected chi connectivity index (χ2v) is 5.95. The fourth-order valence-corrected chi connectivity index (χ4v) is 3.23. The molecule has 106 valence electrons. The van der Waals surface area contributed by atoms with Crippen molar-refractivity contribution in [2.75, 3.05) is 0 Å². The smallest absolute Gasteiger partial charge is 0.417 e. The first-order valence-electron chi connectivity index (χ1n) is 5.19. The number of carboxylic acids is 1. The molecule has 4 nitrogen and oxygen atoms in total. The number of carbonyl (C=O) groups is 1. The van der Waals surface area contributed by atoms with E-state index in [-0.39, 0.29) is 4.88 Å². The van der Waals surface area contributed by atoms with Gasteiger partial charge in [0.25, 0.3) is 0 Å². The van der Waals surface area contributed by atoms with Crippen molar-refractivity contribution in [1.82, 2.24) is 9.97 Å². The Morgan fingerprint density at radius 1 is 1.40 bits per heavy atom. The zero-order chi connectivity index (χ0) is 14.9. The van der Waals surface area contributed by atoms with Crippen LogP contribution in [0.3, 0.4) is 0 Å². The number of hydrogen-bond acceptors (Lipinski definition) is 5. The topological polar surface area (TPSA) is 63.1 Å². The Hall–Kier alpha value is -1.61. The van der Waals surface area contributed by atoms with Crippen molar-refractivity contribution >= 4 is 29.1 Å². The zero-order valence-corrected chi connectivity index (χ0v) is 11.6. The van der Waals surface area contributed by atoms with E-state index in [1.54, 1.807) is 6.92 Å². The highest BCUT2D eigenvalue weighted by molar-refractivity contribution is 8.01. The molecule has 1 N–H and O–H groups in total. The van der Waals surface area contributed by atoms with E-state index in [1.807, 2.05) is 0 Å². The van der Waals surface area contributed by atoms with E-state index in [9.17, 15) is 18.0 Å². The molecular formula is C11H7F3N2O2S2. The molecule has 2 aromatic rings. The second kappa shape index (κ2) is 5.41. The first-order valence-corrected chi connectivity index (χ1v) is 6.82. The van der Waals surface area contributed by atoms with Gasteiger partial charge in [0.1, 0.15) is 9.90 Å². The molecule has 0 aliphatic rings. The number of thiazole rings is 1. The van der Waals surface area contributed by atoms with Crippen LogP contribution in [-0.4, -0.2) is 21.0 Å². The molecule has 2 heterocycles. The van der Waals surface area contributed by atoms with Crippen molar-refractivity contribution in [2.45, 2.75) is 22.5 Å². The zero-order valence-electron chi connectivity index (χ0n) is 9.93. The van der Waals surface area contributed by atoms with Crippen LogP contribution in [0.2, 0.25) is 0 Å². The van der Waals surface area contributed by atoms with Crippen LogP contribution in [0, 0.1) is 6.92 Å². The van der Waals surface area contributed by atoms with Gasteiger partial charge in [-0.3, -0.25) is 0 Å². The molecule has 0 spiro atoms. The van der Waals surface area contributed by atoms with Crippen LogP contribution < -0.4 is 0 Å². The predicted octanol–water partition coefficient (Wildman–Crippen LogP) is 3.71. The fourth-order valence-electron chi connectivity index (χ4n) is 1.31. The molecule has 0 fully saturated rings. The number of pyridine rings is 1. The number of carboxylic acid groups (broad SMARTS) is 1. The Morgan fingerprint density at radius 2 is 2.10 bits per heavy atom. The summed E-state index contributed by atoms with van der Waals surface area (Å²) in [6.45, 7) is 1.56. The summed E-state index contributed by atoms with van der Waals surface area (Å²) in [4.78, 5) is 18.7. The molecule has 2 aromatic heterocycles. The van der Waals surface area contributed by atoms with Crippen molar-refractivity contribution < 1.29 is 23.1 Å². The normalized spacial score (nSPS) is 11.6. The number of aromatic carboxylic acids is 1. The Labute approximate surface area is 119 Å². The number of aryl methyl sites for hydroxylation is 1. The van der Waals surface area contributed by atoms with Crippen LogP contribution in [0.4, 0.5) is 13.2 Å². The number of nitrogens with zero attached hydrogens (tertiary/aromatic N) is 2. The number of rotatable bonds is 3. The van der Waals surface area contributed by atoms with E-state index in [4.69, 9.17) is 5.11 Å². The van der Waals surface area contributed by atoms with Crippen LogP contribution in [0.5, 0.6) is 0 Å². The molecule has 9 heteroatoms. The summed E-state index contributed by atoms with van der Waals surface area (Å²) in [7, 11) is 0. The molecule has 0 atom stereocenters. The lowest BCUT2D eigenvalue weighted by Crippen LogP contribution is -2.04. The molecule has 0 aliphatic heterocycles. The third-order valence-corrected chi connectivity index (χ3v) is 4.38. The molecule has 0 amide bonds. The first-order chi connectivity index (χ1) is 9.27. The Kier molecular flexibility index (Phi) is 4.00. The molecule has 0 aliphatic carbocycles. The van der Waals surface area contributed by atoms with Gasteiger partial charge in [0.2, 0.25) is 0 Å². The van der Waals surface area contributed by atoms with Crippen LogP contribution >= 0.6 is 23.1 Å². The van der Waals surface area contributed by atoms with Gasteiger partial charge >= 0.3 is 12.1 Å². The highest BCUT2D eigenvalue weighted by Gasteiger charge is 2.30. The largest absolute Gasteiger partial charge is 0.477 e. The minimum absolute atomic E-state index is 0.111. The lowest BCUT2D eigenvalue weighted by Gasteiger charge is -2.05. The summed E-state index contributed by atoms with van der Waals surface area (Å²) < 4.78 is 37.5. The van der Waals surface area contributed by atoms with Crippen molar-refractivity contribution in [3.05, 3.63) is 34.5 Å². The van der Waals surface area contributed by atoms with E-state index in [1.165, 1.54) is 6.07 Å². The van der Waals surface area contributed by atoms with Crippen LogP contribution in [0.1, 0.15) is 20.9 Å². The summed E-state index contributed by atoms with van der Waals surface area (Å²) in [6.07, 6.45) is -3.69. The molecule has 0 radical (unpaired) electrons. The Morgan fingerprint density at radius 3 is 2.55 bits per heavy atom. The van der Waals surface area contributed by atoms with Crippen molar-refractivity contribution in [3.8, 4) is 0 Å². The van der Waals surface area contributed by atoms with Crippen LogP contribution in [-0.2, 0) is 6.18 Å². The Bertz CT molecular complexity index is 638. The second-order valence-electron chi connectivity index (χ2n) is 3.68. The lowest BCUT2D eigenvalue weighted by molar-refractivity contribution is -0.137. The van der Waals surface area contributed by atoms with E-state index >= 15 is 0 Å². The third-order valence-electron chi connectivity index (χ3n) is 2.23. The van der Waals surface area contributed by atoms with Crippen molar-refractivity contribution in [3.63, 3.8) is 0 Å². The quantitative estimate of drug-likeness (QED) is 0.934. The summed E-state index contributed by atoms with van der Waals surface area (Å²) in [6, 6.07) is 2.15. The average molecular weight is 320 g/mol. The highest BCUT2D eigenvalue weighted by Crippen LogP contribution is 2.34. The Balaban J connectivity index is 2.18. The maximum Gasteiger partial charge on any atom is 0.417 e. The predicted molar refractivity (Wildman–Crippen MR) is 67.2 cm³/mol. The summed E-state index contributed by atoms with van der Waals surface area (Å²) >= 11 is 1.99. The maximum atomic E-state index is 12.4. The van der Waals surface area contributed by atoms with Crippen molar-refractivity contribution in [1.29, 1.82) is 0 Å². The monoisotopic (exact) mass is 320 g/mol. The minimum atomic E-state index is -4.43. The van der Waals surface area contributed by atoms with E-state index in [0.717, 1.165) is 35.4 Å². The minimum Gasteiger partial charge on any atom is -0.477 e. The highest BCUT2D eigenvalue weighted by atomic mass is 32.2. The molecule has 20 heavy (non-hydrogen) atoms. The number of hydrogen-bond donors (Lipinski definition) is 1. The molecule has 0 bridgehead atoms. The molecule has 0 saturated carbocycles. The molecule has 0 aromatic carbocycles. The van der Waals surface area contributed by atoms with E-state index in [2.05, 4.69) is 9.97 Å². The number of alkyl halides is 3. The van der Waals surface area contributed by atoms with Gasteiger partial charge in [-0.25, -0.2) is 14.8 Å². The van der Waals surface area contributed by atoms with Crippen LogP contribution in [0.15, 0.2) is 27.7 Å². The summed E-state index contributed by atoms with van der Waals surface area (Å²) in [5.41, 5.74) is -0.458. The molecule has 0 unspecified atom stereocenters. The maximum absolute atomic E-state index is 12.4. The molecular weight excluding hydrogens is 313 g/mol. The van der Waals surface area contributed by atoms with E-state index in [0.29, 0.717) is 15.1 Å². The summed E-state index contributed by atoms with van der Waals surface area (Å²) in [5.74, 6) is -1.08. The first kappa shape index (κ1) is 14.8. The van der Waals surface area contributed by atoms with Crippen molar-refractivity contribution in [2.24, 2.45) is 0 Å². The van der Waals surface area contributed by atoms with Gasteiger partial charge in [0.05, 0.1) is 11.3 Å². The van der Waals surface area contributed by atoms with Gasteiger partial charge in [-0.2, -0.15) is 13.2 Å². The number of halogens is 3. The van der Waals surface area contributed by atoms with Gasteiger partial charge in [-0.1, -0.05) is 11.3 Å². The lowest BCUT2D eigenvalue weighted by atomic mass is 10.3. The molecule has 0 saturated heterocycles.